The molecular formula is C13H7ClN2O2. The Morgan fingerprint density at radius 2 is 1.78 bits per heavy atom. The topological polar surface area (TPSA) is 50.3 Å². The second-order valence-corrected chi connectivity index (χ2v) is 4.20. The van der Waals surface area contributed by atoms with Crippen LogP contribution in [-0.2, 0) is 0 Å². The first-order chi connectivity index (χ1) is 8.70. The Labute approximate surface area is 108 Å². The van der Waals surface area contributed by atoms with Crippen LogP contribution in [0.5, 0.6) is 0 Å². The van der Waals surface area contributed by atoms with Crippen LogP contribution in [0.4, 0.5) is 5.69 Å². The summed E-state index contributed by atoms with van der Waals surface area (Å²) < 4.78 is 0. The van der Waals surface area contributed by atoms with Crippen LogP contribution in [-0.4, -0.2) is 16.8 Å². The Hall–Kier alpha value is -2.20. The van der Waals surface area contributed by atoms with Crippen LogP contribution in [0, 0.1) is 0 Å². The van der Waals surface area contributed by atoms with Gasteiger partial charge in [-0.2, -0.15) is 0 Å². The molecule has 0 aliphatic carbocycles. The van der Waals surface area contributed by atoms with E-state index in [0.29, 0.717) is 16.3 Å². The van der Waals surface area contributed by atoms with Gasteiger partial charge in [-0.3, -0.25) is 14.6 Å². The highest BCUT2D eigenvalue weighted by molar-refractivity contribution is 6.39. The molecule has 1 aromatic heterocycles. The van der Waals surface area contributed by atoms with Gasteiger partial charge < -0.3 is 0 Å². The van der Waals surface area contributed by atoms with Crippen LogP contribution in [0.15, 0.2) is 42.6 Å². The fourth-order valence-corrected chi connectivity index (χ4v) is 2.14. The molecule has 2 aromatic rings. The molecule has 1 aliphatic rings. The molecule has 0 atom stereocenters. The Morgan fingerprint density at radius 3 is 2.50 bits per heavy atom. The second kappa shape index (κ2) is 3.92. The summed E-state index contributed by atoms with van der Waals surface area (Å²) in [6.45, 7) is 0. The first-order valence-corrected chi connectivity index (χ1v) is 5.66. The number of hydrogen-bond donors (Lipinski definition) is 0. The lowest BCUT2D eigenvalue weighted by Gasteiger charge is -2.14. The van der Waals surface area contributed by atoms with E-state index in [2.05, 4.69) is 4.98 Å². The summed E-state index contributed by atoms with van der Waals surface area (Å²) in [5, 5.41) is 0.354. The number of imide groups is 1. The minimum atomic E-state index is -0.441. The van der Waals surface area contributed by atoms with Gasteiger partial charge in [0, 0.05) is 6.20 Å². The van der Waals surface area contributed by atoms with Crippen molar-refractivity contribution in [3.63, 3.8) is 0 Å². The third-order valence-electron chi connectivity index (χ3n) is 2.74. The molecule has 88 valence electrons. The zero-order valence-electron chi connectivity index (χ0n) is 9.13. The number of anilines is 1. The minimum Gasteiger partial charge on any atom is -0.268 e. The monoisotopic (exact) mass is 258 g/mol. The maximum Gasteiger partial charge on any atom is 0.284 e. The average molecular weight is 259 g/mol. The van der Waals surface area contributed by atoms with Crippen molar-refractivity contribution in [3.05, 3.63) is 58.9 Å². The van der Waals surface area contributed by atoms with E-state index in [-0.39, 0.29) is 5.69 Å². The van der Waals surface area contributed by atoms with Gasteiger partial charge in [0.2, 0.25) is 0 Å². The molecule has 0 N–H and O–H groups in total. The van der Waals surface area contributed by atoms with Crippen molar-refractivity contribution < 1.29 is 9.59 Å². The molecule has 0 saturated carbocycles. The number of halogens is 1. The van der Waals surface area contributed by atoms with Gasteiger partial charge in [0.25, 0.3) is 11.8 Å². The van der Waals surface area contributed by atoms with Crippen molar-refractivity contribution in [2.75, 3.05) is 4.90 Å². The molecule has 0 radical (unpaired) electrons. The van der Waals surface area contributed by atoms with Gasteiger partial charge in [-0.15, -0.1) is 0 Å². The standard InChI is InChI=1S/C13H7ClN2O2/c14-9-5-1-2-6-10(9)16-12(17)8-4-3-7-15-11(8)13(16)18/h1-7H. The number of para-hydroxylation sites is 1. The number of benzene rings is 1. The number of fused-ring (bicyclic) bond motifs is 1. The Balaban J connectivity index is 2.16. The fraction of sp³-hybridized carbons (Fsp3) is 0. The van der Waals surface area contributed by atoms with Crippen molar-refractivity contribution in [2.45, 2.75) is 0 Å². The van der Waals surface area contributed by atoms with E-state index in [0.717, 1.165) is 4.90 Å². The Morgan fingerprint density at radius 1 is 1.00 bits per heavy atom. The van der Waals surface area contributed by atoms with Gasteiger partial charge in [-0.1, -0.05) is 23.7 Å². The van der Waals surface area contributed by atoms with Gasteiger partial charge >= 0.3 is 0 Å². The number of carbonyl (C=O) groups is 2. The van der Waals surface area contributed by atoms with Crippen LogP contribution < -0.4 is 4.90 Å². The molecule has 2 amide bonds. The summed E-state index contributed by atoms with van der Waals surface area (Å²) in [4.78, 5) is 29.3. The highest BCUT2D eigenvalue weighted by Crippen LogP contribution is 2.31. The number of rotatable bonds is 1. The van der Waals surface area contributed by atoms with E-state index in [1.165, 1.54) is 6.20 Å². The summed E-state index contributed by atoms with van der Waals surface area (Å²) in [7, 11) is 0. The van der Waals surface area contributed by atoms with Crippen molar-refractivity contribution in [1.29, 1.82) is 0 Å². The predicted molar refractivity (Wildman–Crippen MR) is 66.8 cm³/mol. The molecule has 1 aromatic carbocycles. The number of amides is 2. The van der Waals surface area contributed by atoms with Gasteiger partial charge in [0.15, 0.2) is 0 Å². The summed E-state index contributed by atoms with van der Waals surface area (Å²) in [6.07, 6.45) is 1.49. The molecule has 0 unspecified atom stereocenters. The molecule has 0 fully saturated rings. The summed E-state index contributed by atoms with van der Waals surface area (Å²) in [5.74, 6) is -0.833. The third-order valence-corrected chi connectivity index (χ3v) is 3.06. The van der Waals surface area contributed by atoms with E-state index in [1.807, 2.05) is 0 Å². The predicted octanol–water partition coefficient (Wildman–Crippen LogP) is 2.54. The van der Waals surface area contributed by atoms with Crippen molar-refractivity contribution in [1.82, 2.24) is 4.98 Å². The first-order valence-electron chi connectivity index (χ1n) is 5.28. The van der Waals surface area contributed by atoms with Crippen molar-refractivity contribution in [3.8, 4) is 0 Å². The molecular weight excluding hydrogens is 252 g/mol. The zero-order valence-corrected chi connectivity index (χ0v) is 9.89. The van der Waals surface area contributed by atoms with Crippen molar-refractivity contribution >= 4 is 29.1 Å². The van der Waals surface area contributed by atoms with E-state index in [1.54, 1.807) is 36.4 Å². The van der Waals surface area contributed by atoms with E-state index in [9.17, 15) is 9.59 Å². The van der Waals surface area contributed by atoms with E-state index >= 15 is 0 Å². The highest BCUT2D eigenvalue weighted by Gasteiger charge is 2.38. The second-order valence-electron chi connectivity index (χ2n) is 3.80. The lowest BCUT2D eigenvalue weighted by molar-refractivity contribution is 0.0924. The van der Waals surface area contributed by atoms with Gasteiger partial charge in [0.05, 0.1) is 16.3 Å². The fourth-order valence-electron chi connectivity index (χ4n) is 1.92. The van der Waals surface area contributed by atoms with E-state index < -0.39 is 11.8 Å². The van der Waals surface area contributed by atoms with E-state index in [4.69, 9.17) is 11.6 Å². The maximum absolute atomic E-state index is 12.2. The highest BCUT2D eigenvalue weighted by atomic mass is 35.5. The molecule has 4 nitrogen and oxygen atoms in total. The van der Waals surface area contributed by atoms with Crippen LogP contribution in [0.1, 0.15) is 20.8 Å². The van der Waals surface area contributed by atoms with Crippen LogP contribution >= 0.6 is 11.6 Å². The normalized spacial score (nSPS) is 13.9. The summed E-state index contributed by atoms with van der Waals surface area (Å²) in [5.41, 5.74) is 0.858. The Bertz CT molecular complexity index is 635. The quantitative estimate of drug-likeness (QED) is 0.739. The molecule has 5 heteroatoms. The first kappa shape index (κ1) is 10.9. The average Bonchev–Trinajstić information content (AvgIpc) is 2.64. The number of aromatic nitrogens is 1. The smallest absolute Gasteiger partial charge is 0.268 e. The number of carbonyl (C=O) groups excluding carboxylic acids is 2. The van der Waals surface area contributed by atoms with Gasteiger partial charge in [-0.05, 0) is 24.3 Å². The number of nitrogens with zero attached hydrogens (tertiary/aromatic N) is 2. The molecule has 18 heavy (non-hydrogen) atoms. The zero-order chi connectivity index (χ0) is 12.7. The number of hydrogen-bond acceptors (Lipinski definition) is 3. The molecule has 1 aliphatic heterocycles. The molecule has 0 spiro atoms. The van der Waals surface area contributed by atoms with Gasteiger partial charge in [0.1, 0.15) is 5.69 Å². The summed E-state index contributed by atoms with van der Waals surface area (Å²) in [6, 6.07) is 9.93. The minimum absolute atomic E-state index is 0.169. The molecule has 3 rings (SSSR count). The molecule has 0 saturated heterocycles. The summed E-state index contributed by atoms with van der Waals surface area (Å²) >= 11 is 6.01. The van der Waals surface area contributed by atoms with Crippen LogP contribution in [0.2, 0.25) is 5.02 Å². The largest absolute Gasteiger partial charge is 0.284 e. The lowest BCUT2D eigenvalue weighted by Crippen LogP contribution is -2.29. The number of pyridine rings is 1. The third kappa shape index (κ3) is 1.43. The SMILES string of the molecule is O=C1c2cccnc2C(=O)N1c1ccccc1Cl. The Kier molecular flexibility index (Phi) is 2.38. The molecule has 0 bridgehead atoms. The van der Waals surface area contributed by atoms with Gasteiger partial charge in [-0.25, -0.2) is 4.90 Å². The van der Waals surface area contributed by atoms with Crippen LogP contribution in [0.25, 0.3) is 0 Å². The maximum atomic E-state index is 12.2. The van der Waals surface area contributed by atoms with Crippen LogP contribution in [0.3, 0.4) is 0 Å². The lowest BCUT2D eigenvalue weighted by atomic mass is 10.2. The van der Waals surface area contributed by atoms with Crippen molar-refractivity contribution in [2.24, 2.45) is 0 Å². The molecule has 2 heterocycles.